The minimum atomic E-state index is -0.267. The summed E-state index contributed by atoms with van der Waals surface area (Å²) in [5.74, 6) is -0.127. The molecule has 0 radical (unpaired) electrons. The zero-order valence-corrected chi connectivity index (χ0v) is 16.2. The summed E-state index contributed by atoms with van der Waals surface area (Å²) in [7, 11) is 0. The number of rotatable bonds is 1. The molecule has 0 spiro atoms. The molecular weight excluding hydrogens is 319 g/mol. The first-order valence-corrected chi connectivity index (χ1v) is 9.25. The number of halogens is 1. The third kappa shape index (κ3) is 2.34. The molecule has 1 heteroatoms. The van der Waals surface area contributed by atoms with Crippen LogP contribution in [0.4, 0.5) is 4.39 Å². The van der Waals surface area contributed by atoms with Crippen molar-refractivity contribution in [2.24, 2.45) is 0 Å². The van der Waals surface area contributed by atoms with Crippen LogP contribution < -0.4 is 0 Å². The van der Waals surface area contributed by atoms with Crippen LogP contribution in [-0.2, 0) is 10.8 Å². The Labute approximate surface area is 155 Å². The second-order valence-corrected chi connectivity index (χ2v) is 8.81. The van der Waals surface area contributed by atoms with Gasteiger partial charge in [-0.2, -0.15) is 0 Å². The lowest BCUT2D eigenvalue weighted by Crippen LogP contribution is -2.16. The number of hydrogen-bond donors (Lipinski definition) is 0. The van der Waals surface area contributed by atoms with Crippen molar-refractivity contribution >= 4 is 0 Å². The highest BCUT2D eigenvalue weighted by atomic mass is 19.1. The number of fused-ring (bicyclic) bond motifs is 3. The molecule has 0 amide bonds. The minimum Gasteiger partial charge on any atom is -0.207 e. The zero-order valence-electron chi connectivity index (χ0n) is 16.2. The molecule has 1 aliphatic carbocycles. The Bertz CT molecular complexity index is 1000. The standard InChI is InChI=1S/C25H25F/c1-24(2,3)23-17(12-9-15-21(23)26)16-11-8-14-20-22(16)18-10-6-7-13-19(18)25(20,4)5/h6-15H,1-5H3. The van der Waals surface area contributed by atoms with Gasteiger partial charge in [0.1, 0.15) is 5.82 Å². The fourth-order valence-corrected chi connectivity index (χ4v) is 4.49. The van der Waals surface area contributed by atoms with Gasteiger partial charge >= 0.3 is 0 Å². The first-order chi connectivity index (χ1) is 12.2. The van der Waals surface area contributed by atoms with Crippen molar-refractivity contribution < 1.29 is 4.39 Å². The van der Waals surface area contributed by atoms with Gasteiger partial charge in [0.2, 0.25) is 0 Å². The van der Waals surface area contributed by atoms with Crippen LogP contribution in [0.1, 0.15) is 51.3 Å². The summed E-state index contributed by atoms with van der Waals surface area (Å²) in [5, 5.41) is 0. The lowest BCUT2D eigenvalue weighted by molar-refractivity contribution is 0.524. The molecule has 0 bridgehead atoms. The second kappa shape index (κ2) is 5.54. The van der Waals surface area contributed by atoms with Crippen LogP contribution in [0.15, 0.2) is 60.7 Å². The van der Waals surface area contributed by atoms with E-state index in [1.807, 2.05) is 6.07 Å². The van der Waals surface area contributed by atoms with Gasteiger partial charge in [-0.15, -0.1) is 0 Å². The zero-order chi connectivity index (χ0) is 18.7. The molecule has 0 saturated heterocycles. The molecule has 4 rings (SSSR count). The van der Waals surface area contributed by atoms with Crippen LogP contribution in [0.3, 0.4) is 0 Å². The first kappa shape index (κ1) is 17.0. The largest absolute Gasteiger partial charge is 0.207 e. The van der Waals surface area contributed by atoms with Crippen LogP contribution in [-0.4, -0.2) is 0 Å². The Kier molecular flexibility index (Phi) is 3.63. The highest BCUT2D eigenvalue weighted by molar-refractivity contribution is 5.93. The lowest BCUT2D eigenvalue weighted by Gasteiger charge is -2.25. The summed E-state index contributed by atoms with van der Waals surface area (Å²) in [4.78, 5) is 0. The van der Waals surface area contributed by atoms with E-state index in [1.165, 1.54) is 22.3 Å². The van der Waals surface area contributed by atoms with Gasteiger partial charge in [-0.25, -0.2) is 4.39 Å². The molecule has 132 valence electrons. The summed E-state index contributed by atoms with van der Waals surface area (Å²) < 4.78 is 14.8. The van der Waals surface area contributed by atoms with Crippen molar-refractivity contribution in [2.45, 2.75) is 45.4 Å². The third-order valence-electron chi connectivity index (χ3n) is 5.66. The van der Waals surface area contributed by atoms with Crippen molar-refractivity contribution in [3.05, 3.63) is 83.2 Å². The molecule has 0 fully saturated rings. The Morgan fingerprint density at radius 2 is 1.27 bits per heavy atom. The molecule has 0 N–H and O–H groups in total. The third-order valence-corrected chi connectivity index (χ3v) is 5.66. The average Bonchev–Trinajstić information content (AvgIpc) is 2.82. The summed E-state index contributed by atoms with van der Waals surface area (Å²) in [6, 6.07) is 20.5. The van der Waals surface area contributed by atoms with E-state index in [0.717, 1.165) is 16.7 Å². The lowest BCUT2D eigenvalue weighted by atomic mass is 9.79. The predicted molar refractivity (Wildman–Crippen MR) is 108 cm³/mol. The SMILES string of the molecule is CC(C)(C)c1c(F)cccc1-c1cccc2c1-c1ccccc1C2(C)C. The van der Waals surface area contributed by atoms with E-state index in [2.05, 4.69) is 83.1 Å². The molecule has 1 aliphatic rings. The predicted octanol–water partition coefficient (Wildman–Crippen LogP) is 7.10. The van der Waals surface area contributed by atoms with Gasteiger partial charge in [0.05, 0.1) is 0 Å². The smallest absolute Gasteiger partial charge is 0.127 e. The van der Waals surface area contributed by atoms with Gasteiger partial charge in [0.25, 0.3) is 0 Å². The molecule has 0 atom stereocenters. The van der Waals surface area contributed by atoms with Gasteiger partial charge in [-0.05, 0) is 44.9 Å². The highest BCUT2D eigenvalue weighted by Crippen LogP contribution is 2.52. The van der Waals surface area contributed by atoms with Crippen LogP contribution in [0.2, 0.25) is 0 Å². The quantitative estimate of drug-likeness (QED) is 0.442. The highest BCUT2D eigenvalue weighted by Gasteiger charge is 2.37. The summed E-state index contributed by atoms with van der Waals surface area (Å²) in [6.45, 7) is 10.8. The molecule has 3 aromatic carbocycles. The van der Waals surface area contributed by atoms with Gasteiger partial charge in [0.15, 0.2) is 0 Å². The number of hydrogen-bond acceptors (Lipinski definition) is 0. The maximum absolute atomic E-state index is 14.8. The normalized spacial score (nSPS) is 14.8. The summed E-state index contributed by atoms with van der Waals surface area (Å²) >= 11 is 0. The topological polar surface area (TPSA) is 0 Å². The monoisotopic (exact) mass is 344 g/mol. The Hall–Kier alpha value is -2.41. The molecule has 0 unspecified atom stereocenters. The Balaban J connectivity index is 2.09. The Morgan fingerprint density at radius 3 is 2.00 bits per heavy atom. The second-order valence-electron chi connectivity index (χ2n) is 8.81. The molecule has 0 nitrogen and oxygen atoms in total. The molecule has 26 heavy (non-hydrogen) atoms. The van der Waals surface area contributed by atoms with E-state index < -0.39 is 0 Å². The van der Waals surface area contributed by atoms with Crippen LogP contribution in [0.25, 0.3) is 22.3 Å². The molecule has 0 saturated carbocycles. The van der Waals surface area contributed by atoms with Crippen LogP contribution in [0.5, 0.6) is 0 Å². The van der Waals surface area contributed by atoms with Gasteiger partial charge in [0, 0.05) is 11.0 Å². The first-order valence-electron chi connectivity index (χ1n) is 9.25. The summed E-state index contributed by atoms with van der Waals surface area (Å²) in [5.41, 5.74) is 7.80. The van der Waals surface area contributed by atoms with Crippen molar-refractivity contribution in [1.82, 2.24) is 0 Å². The van der Waals surface area contributed by atoms with Crippen molar-refractivity contribution in [2.75, 3.05) is 0 Å². The van der Waals surface area contributed by atoms with Gasteiger partial charge in [-0.3, -0.25) is 0 Å². The van der Waals surface area contributed by atoms with Crippen LogP contribution in [0, 0.1) is 5.82 Å². The fourth-order valence-electron chi connectivity index (χ4n) is 4.49. The molecule has 0 aromatic heterocycles. The van der Waals surface area contributed by atoms with E-state index in [4.69, 9.17) is 0 Å². The van der Waals surface area contributed by atoms with Crippen molar-refractivity contribution in [3.63, 3.8) is 0 Å². The van der Waals surface area contributed by atoms with E-state index in [9.17, 15) is 4.39 Å². The Morgan fingerprint density at radius 1 is 0.692 bits per heavy atom. The van der Waals surface area contributed by atoms with Crippen molar-refractivity contribution in [1.29, 1.82) is 0 Å². The van der Waals surface area contributed by atoms with E-state index in [0.29, 0.717) is 0 Å². The fraction of sp³-hybridized carbons (Fsp3) is 0.280. The summed E-state index contributed by atoms with van der Waals surface area (Å²) in [6.07, 6.45) is 0. The van der Waals surface area contributed by atoms with Gasteiger partial charge in [-0.1, -0.05) is 89.2 Å². The molecule has 0 aliphatic heterocycles. The maximum atomic E-state index is 14.8. The van der Waals surface area contributed by atoms with E-state index in [1.54, 1.807) is 6.07 Å². The molecule has 3 aromatic rings. The maximum Gasteiger partial charge on any atom is 0.127 e. The minimum absolute atomic E-state index is 0.0445. The molecule has 0 heterocycles. The van der Waals surface area contributed by atoms with Crippen molar-refractivity contribution in [3.8, 4) is 22.3 Å². The van der Waals surface area contributed by atoms with E-state index in [-0.39, 0.29) is 16.6 Å². The number of benzene rings is 3. The van der Waals surface area contributed by atoms with Crippen LogP contribution >= 0.6 is 0 Å². The van der Waals surface area contributed by atoms with Gasteiger partial charge < -0.3 is 0 Å². The van der Waals surface area contributed by atoms with E-state index >= 15 is 0 Å². The molecular formula is C25H25F. The average molecular weight is 344 g/mol.